The molecule has 0 bridgehead atoms. The molecule has 3 rings (SSSR count). The fraction of sp³-hybridized carbons (Fsp3) is 0.429. The Kier molecular flexibility index (Phi) is 4.23. The SMILES string of the molecule is O=C1COC(=O)N1[C@@H]1CCN(S(=O)(=O)c2ccc(C(F)(F)F)cc2)C1. The first-order chi connectivity index (χ1) is 11.6. The number of rotatable bonds is 3. The molecule has 0 spiro atoms. The first-order valence-electron chi connectivity index (χ1n) is 7.27. The number of nitrogens with zero attached hydrogens (tertiary/aromatic N) is 2. The van der Waals surface area contributed by atoms with E-state index in [1.807, 2.05) is 0 Å². The number of ether oxygens (including phenoxy) is 1. The molecule has 7 nitrogen and oxygen atoms in total. The standard InChI is InChI=1S/C14H13F3N2O5S/c15-14(16,17)9-1-3-11(4-2-9)25(22,23)18-6-5-10(7-18)19-12(20)8-24-13(19)21/h1-4,10H,5-8H2/t10-/m1/s1. The van der Waals surface area contributed by atoms with Gasteiger partial charge in [-0.25, -0.2) is 18.1 Å². The van der Waals surface area contributed by atoms with E-state index in [-0.39, 0.29) is 31.0 Å². The highest BCUT2D eigenvalue weighted by Gasteiger charge is 2.43. The molecule has 0 aromatic heterocycles. The largest absolute Gasteiger partial charge is 0.439 e. The van der Waals surface area contributed by atoms with Gasteiger partial charge in [0.05, 0.1) is 16.5 Å². The van der Waals surface area contributed by atoms with Crippen molar-refractivity contribution in [2.75, 3.05) is 19.7 Å². The Balaban J connectivity index is 1.77. The second-order valence-electron chi connectivity index (χ2n) is 5.65. The van der Waals surface area contributed by atoms with Crippen LogP contribution in [0.25, 0.3) is 0 Å². The van der Waals surface area contributed by atoms with Crippen molar-refractivity contribution in [3.8, 4) is 0 Å². The molecule has 1 aromatic carbocycles. The lowest BCUT2D eigenvalue weighted by Crippen LogP contribution is -2.42. The molecule has 1 aromatic rings. The van der Waals surface area contributed by atoms with E-state index in [1.165, 1.54) is 0 Å². The zero-order chi connectivity index (χ0) is 18.4. The molecule has 0 saturated carbocycles. The summed E-state index contributed by atoms with van der Waals surface area (Å²) in [5, 5.41) is 0. The van der Waals surface area contributed by atoms with Crippen molar-refractivity contribution in [1.29, 1.82) is 0 Å². The summed E-state index contributed by atoms with van der Waals surface area (Å²) in [7, 11) is -4.02. The smallest absolute Gasteiger partial charge is 0.417 e. The van der Waals surface area contributed by atoms with Crippen LogP contribution in [0.1, 0.15) is 12.0 Å². The van der Waals surface area contributed by atoms with Gasteiger partial charge >= 0.3 is 12.3 Å². The topological polar surface area (TPSA) is 84.0 Å². The fourth-order valence-corrected chi connectivity index (χ4v) is 4.31. The Bertz CT molecular complexity index is 791. The molecule has 2 aliphatic rings. The number of sulfonamides is 1. The van der Waals surface area contributed by atoms with E-state index >= 15 is 0 Å². The fourth-order valence-electron chi connectivity index (χ4n) is 2.82. The molecule has 0 aliphatic carbocycles. The van der Waals surface area contributed by atoms with Crippen LogP contribution in [-0.4, -0.2) is 55.4 Å². The molecular weight excluding hydrogens is 365 g/mol. The van der Waals surface area contributed by atoms with Crippen LogP contribution >= 0.6 is 0 Å². The number of carbonyl (C=O) groups excluding carboxylic acids is 2. The maximum Gasteiger partial charge on any atom is 0.417 e. The summed E-state index contributed by atoms with van der Waals surface area (Å²) in [6.45, 7) is -0.448. The van der Waals surface area contributed by atoms with E-state index in [0.717, 1.165) is 21.3 Å². The monoisotopic (exact) mass is 378 g/mol. The maximum atomic E-state index is 12.6. The predicted molar refractivity (Wildman–Crippen MR) is 76.8 cm³/mol. The number of imide groups is 1. The van der Waals surface area contributed by atoms with Crippen molar-refractivity contribution in [1.82, 2.24) is 9.21 Å². The third kappa shape index (κ3) is 3.21. The van der Waals surface area contributed by atoms with Crippen molar-refractivity contribution >= 4 is 22.0 Å². The van der Waals surface area contributed by atoms with Gasteiger partial charge in [-0.2, -0.15) is 17.5 Å². The molecule has 136 valence electrons. The van der Waals surface area contributed by atoms with E-state index in [4.69, 9.17) is 0 Å². The van der Waals surface area contributed by atoms with Crippen LogP contribution in [0.5, 0.6) is 0 Å². The van der Waals surface area contributed by atoms with Crippen molar-refractivity contribution in [2.45, 2.75) is 23.5 Å². The van der Waals surface area contributed by atoms with E-state index in [2.05, 4.69) is 4.74 Å². The van der Waals surface area contributed by atoms with Gasteiger partial charge in [0.1, 0.15) is 0 Å². The number of amides is 2. The molecule has 1 atom stereocenters. The van der Waals surface area contributed by atoms with Gasteiger partial charge in [0.25, 0.3) is 5.91 Å². The molecular formula is C14H13F3N2O5S. The second kappa shape index (κ2) is 5.99. The quantitative estimate of drug-likeness (QED) is 0.795. The van der Waals surface area contributed by atoms with Gasteiger partial charge in [-0.1, -0.05) is 0 Å². The molecule has 2 aliphatic heterocycles. The summed E-state index contributed by atoms with van der Waals surface area (Å²) < 4.78 is 68.5. The van der Waals surface area contributed by atoms with Crippen molar-refractivity contribution in [3.63, 3.8) is 0 Å². The number of benzene rings is 1. The Morgan fingerprint density at radius 1 is 1.12 bits per heavy atom. The Morgan fingerprint density at radius 3 is 2.28 bits per heavy atom. The van der Waals surface area contributed by atoms with Crippen LogP contribution in [0.4, 0.5) is 18.0 Å². The summed E-state index contributed by atoms with van der Waals surface area (Å²) in [4.78, 5) is 23.8. The molecule has 2 saturated heterocycles. The van der Waals surface area contributed by atoms with Gasteiger partial charge in [-0.05, 0) is 30.7 Å². The summed E-state index contributed by atoms with van der Waals surface area (Å²) in [6.07, 6.45) is -5.14. The van der Waals surface area contributed by atoms with Gasteiger partial charge in [0, 0.05) is 13.1 Å². The third-order valence-electron chi connectivity index (χ3n) is 4.10. The molecule has 2 fully saturated rings. The van der Waals surface area contributed by atoms with Crippen LogP contribution in [0, 0.1) is 0 Å². The molecule has 0 unspecified atom stereocenters. The minimum Gasteiger partial charge on any atom is -0.439 e. The maximum absolute atomic E-state index is 12.6. The normalized spacial score (nSPS) is 22.5. The van der Waals surface area contributed by atoms with E-state index < -0.39 is 39.8 Å². The molecule has 0 N–H and O–H groups in total. The first-order valence-corrected chi connectivity index (χ1v) is 8.71. The van der Waals surface area contributed by atoms with E-state index in [9.17, 15) is 31.2 Å². The van der Waals surface area contributed by atoms with Crippen molar-refractivity contribution < 1.29 is 35.9 Å². The molecule has 0 radical (unpaired) electrons. The number of alkyl halides is 3. The van der Waals surface area contributed by atoms with Crippen LogP contribution in [0.15, 0.2) is 29.2 Å². The lowest BCUT2D eigenvalue weighted by molar-refractivity contribution is -0.137. The van der Waals surface area contributed by atoms with Gasteiger partial charge in [0.2, 0.25) is 10.0 Å². The van der Waals surface area contributed by atoms with Gasteiger partial charge in [-0.3, -0.25) is 4.79 Å². The minimum atomic E-state index is -4.56. The average Bonchev–Trinajstić information content (AvgIpc) is 3.14. The summed E-state index contributed by atoms with van der Waals surface area (Å²) in [5.74, 6) is -0.538. The summed E-state index contributed by atoms with van der Waals surface area (Å²) >= 11 is 0. The Hall–Kier alpha value is -2.14. The number of hydrogen-bond donors (Lipinski definition) is 0. The van der Waals surface area contributed by atoms with Crippen LogP contribution < -0.4 is 0 Å². The molecule has 11 heteroatoms. The lowest BCUT2D eigenvalue weighted by atomic mass is 10.2. The Labute approximate surface area is 141 Å². The van der Waals surface area contributed by atoms with Crippen molar-refractivity contribution in [2.24, 2.45) is 0 Å². The highest BCUT2D eigenvalue weighted by atomic mass is 32.2. The average molecular weight is 378 g/mol. The van der Waals surface area contributed by atoms with E-state index in [1.54, 1.807) is 0 Å². The van der Waals surface area contributed by atoms with Gasteiger partial charge < -0.3 is 4.74 Å². The van der Waals surface area contributed by atoms with Crippen molar-refractivity contribution in [3.05, 3.63) is 29.8 Å². The minimum absolute atomic E-state index is 0.0467. The van der Waals surface area contributed by atoms with Gasteiger partial charge in [-0.15, -0.1) is 0 Å². The second-order valence-corrected chi connectivity index (χ2v) is 7.58. The van der Waals surface area contributed by atoms with E-state index in [0.29, 0.717) is 12.1 Å². The third-order valence-corrected chi connectivity index (χ3v) is 5.97. The highest BCUT2D eigenvalue weighted by molar-refractivity contribution is 7.89. The highest BCUT2D eigenvalue weighted by Crippen LogP contribution is 2.31. The zero-order valence-corrected chi connectivity index (χ0v) is 13.5. The summed E-state index contributed by atoms with van der Waals surface area (Å²) in [6, 6.07) is 2.53. The zero-order valence-electron chi connectivity index (χ0n) is 12.7. The Morgan fingerprint density at radius 2 is 1.76 bits per heavy atom. The first kappa shape index (κ1) is 17.7. The molecule has 2 heterocycles. The lowest BCUT2D eigenvalue weighted by Gasteiger charge is -2.20. The van der Waals surface area contributed by atoms with Crippen LogP contribution in [-0.2, 0) is 25.7 Å². The predicted octanol–water partition coefficient (Wildman–Crippen LogP) is 1.45. The van der Waals surface area contributed by atoms with Crippen LogP contribution in [0.2, 0.25) is 0 Å². The number of hydrogen-bond acceptors (Lipinski definition) is 5. The summed E-state index contributed by atoms with van der Waals surface area (Å²) in [5.41, 5.74) is -0.948. The molecule has 25 heavy (non-hydrogen) atoms. The number of halogens is 3. The molecule has 2 amide bonds. The number of carbonyl (C=O) groups is 2. The van der Waals surface area contributed by atoms with Crippen LogP contribution in [0.3, 0.4) is 0 Å². The number of cyclic esters (lactones) is 1. The van der Waals surface area contributed by atoms with Gasteiger partial charge in [0.15, 0.2) is 6.61 Å².